The van der Waals surface area contributed by atoms with Crippen LogP contribution in [0.5, 0.6) is 0 Å². The third-order valence-electron chi connectivity index (χ3n) is 4.68. The van der Waals surface area contributed by atoms with Crippen LogP contribution in [-0.4, -0.2) is 45.9 Å². The van der Waals surface area contributed by atoms with Gasteiger partial charge in [0.05, 0.1) is 6.54 Å². The lowest BCUT2D eigenvalue weighted by molar-refractivity contribution is -0.131. The number of amides is 4. The molecule has 24 heavy (non-hydrogen) atoms. The number of fused-ring (bicyclic) bond motifs is 1. The maximum Gasteiger partial charge on any atom is 0.322 e. The van der Waals surface area contributed by atoms with Gasteiger partial charge in [-0.2, -0.15) is 0 Å². The number of benzene rings is 1. The van der Waals surface area contributed by atoms with Gasteiger partial charge in [0, 0.05) is 23.3 Å². The first-order chi connectivity index (χ1) is 11.5. The molecule has 3 heterocycles. The van der Waals surface area contributed by atoms with Crippen molar-refractivity contribution in [3.63, 3.8) is 0 Å². The van der Waals surface area contributed by atoms with Crippen LogP contribution in [0.2, 0.25) is 5.02 Å². The lowest BCUT2D eigenvalue weighted by Crippen LogP contribution is -2.49. The third kappa shape index (κ3) is 2.32. The van der Waals surface area contributed by atoms with Gasteiger partial charge in [0.2, 0.25) is 5.91 Å². The molecule has 0 bridgehead atoms. The first-order valence-corrected chi connectivity index (χ1v) is 8.00. The summed E-state index contributed by atoms with van der Waals surface area (Å²) in [5.74, 6) is -0.459. The molecule has 0 aliphatic carbocycles. The molecule has 2 aliphatic rings. The summed E-state index contributed by atoms with van der Waals surface area (Å²) in [5, 5.41) is 6.50. The van der Waals surface area contributed by atoms with Crippen LogP contribution >= 0.6 is 11.6 Å². The van der Waals surface area contributed by atoms with Crippen molar-refractivity contribution >= 4 is 40.3 Å². The molecule has 7 nitrogen and oxygen atoms in total. The van der Waals surface area contributed by atoms with Crippen LogP contribution < -0.4 is 10.6 Å². The highest BCUT2D eigenvalue weighted by Gasteiger charge is 2.51. The van der Waals surface area contributed by atoms with E-state index in [0.717, 1.165) is 10.9 Å². The summed E-state index contributed by atoms with van der Waals surface area (Å²) in [6, 6.07) is 6.96. The van der Waals surface area contributed by atoms with Crippen LogP contribution in [0, 0.1) is 0 Å². The average Bonchev–Trinajstić information content (AvgIpc) is 3.19. The molecule has 1 aromatic heterocycles. The fourth-order valence-corrected chi connectivity index (χ4v) is 3.55. The quantitative estimate of drug-likeness (QED) is 0.799. The Morgan fingerprint density at radius 2 is 2.12 bits per heavy atom. The molecule has 2 aliphatic heterocycles. The van der Waals surface area contributed by atoms with E-state index in [0.29, 0.717) is 18.0 Å². The number of nitrogens with zero attached hydrogens (tertiary/aromatic N) is 2. The number of hydrogen-bond acceptors (Lipinski definition) is 3. The molecule has 1 atom stereocenters. The molecule has 2 aromatic rings. The topological polar surface area (TPSA) is 83.4 Å². The van der Waals surface area contributed by atoms with Crippen molar-refractivity contribution < 1.29 is 14.4 Å². The van der Waals surface area contributed by atoms with Crippen LogP contribution in [0.25, 0.3) is 10.9 Å². The zero-order chi connectivity index (χ0) is 16.9. The largest absolute Gasteiger partial charge is 0.338 e. The molecular formula is C16H15ClN4O3. The van der Waals surface area contributed by atoms with Gasteiger partial charge in [-0.05, 0) is 30.0 Å². The second-order valence-electron chi connectivity index (χ2n) is 6.20. The summed E-state index contributed by atoms with van der Waals surface area (Å²) in [6.45, 7) is 0.797. The van der Waals surface area contributed by atoms with Crippen LogP contribution in [0.4, 0.5) is 4.79 Å². The molecule has 124 valence electrons. The predicted octanol–water partition coefficient (Wildman–Crippen LogP) is 1.11. The van der Waals surface area contributed by atoms with Crippen LogP contribution in [0.15, 0.2) is 30.5 Å². The molecule has 2 N–H and O–H groups in total. The number of carbonyl (C=O) groups excluding carboxylic acids is 3. The van der Waals surface area contributed by atoms with Gasteiger partial charge in [-0.25, -0.2) is 4.79 Å². The van der Waals surface area contributed by atoms with Crippen LogP contribution in [0.3, 0.4) is 0 Å². The lowest BCUT2D eigenvalue weighted by atomic mass is 10.00. The van der Waals surface area contributed by atoms with Crippen molar-refractivity contribution in [2.75, 3.05) is 13.1 Å². The van der Waals surface area contributed by atoms with E-state index in [1.165, 1.54) is 0 Å². The number of hydrogen-bond donors (Lipinski definition) is 2. The van der Waals surface area contributed by atoms with E-state index >= 15 is 0 Å². The number of likely N-dealkylation sites (tertiary alicyclic amines) is 1. The molecule has 4 rings (SSSR count). The fraction of sp³-hybridized carbons (Fsp3) is 0.312. The number of urea groups is 1. The maximum atomic E-state index is 12.6. The van der Waals surface area contributed by atoms with Crippen LogP contribution in [-0.2, 0) is 16.1 Å². The summed E-state index contributed by atoms with van der Waals surface area (Å²) >= 11 is 6.03. The van der Waals surface area contributed by atoms with Crippen molar-refractivity contribution in [3.05, 3.63) is 35.5 Å². The standard InChI is InChI=1S/C16H15ClN4O3/c17-11-2-1-10-3-5-20(12(10)7-11)8-13(22)21-6-4-16(9-21)14(23)18-15(24)19-16/h1-3,5,7H,4,6,8-9H2,(H2,18,19,23,24). The lowest BCUT2D eigenvalue weighted by Gasteiger charge is -2.21. The molecular weight excluding hydrogens is 332 g/mol. The zero-order valence-electron chi connectivity index (χ0n) is 12.7. The minimum Gasteiger partial charge on any atom is -0.338 e. The number of rotatable bonds is 2. The molecule has 4 amide bonds. The number of carbonyl (C=O) groups is 3. The number of imide groups is 1. The maximum absolute atomic E-state index is 12.6. The van der Waals surface area contributed by atoms with Gasteiger partial charge < -0.3 is 14.8 Å². The Morgan fingerprint density at radius 1 is 1.29 bits per heavy atom. The predicted molar refractivity (Wildman–Crippen MR) is 87.6 cm³/mol. The van der Waals surface area contributed by atoms with E-state index in [9.17, 15) is 14.4 Å². The van der Waals surface area contributed by atoms with E-state index < -0.39 is 11.6 Å². The smallest absolute Gasteiger partial charge is 0.322 e. The summed E-state index contributed by atoms with van der Waals surface area (Å²) in [7, 11) is 0. The van der Waals surface area contributed by atoms with Gasteiger partial charge in [-0.1, -0.05) is 17.7 Å². The van der Waals surface area contributed by atoms with Gasteiger partial charge in [-0.15, -0.1) is 0 Å². The van der Waals surface area contributed by atoms with Crippen molar-refractivity contribution in [1.82, 2.24) is 20.1 Å². The molecule has 0 radical (unpaired) electrons. The molecule has 1 spiro atoms. The van der Waals surface area contributed by atoms with Crippen molar-refractivity contribution in [1.29, 1.82) is 0 Å². The highest BCUT2D eigenvalue weighted by atomic mass is 35.5. The Kier molecular flexibility index (Phi) is 3.28. The van der Waals surface area contributed by atoms with E-state index in [-0.39, 0.29) is 24.9 Å². The van der Waals surface area contributed by atoms with E-state index in [1.807, 2.05) is 35.0 Å². The molecule has 1 aromatic carbocycles. The minimum atomic E-state index is -0.977. The van der Waals surface area contributed by atoms with Gasteiger partial charge in [0.25, 0.3) is 5.91 Å². The normalized spacial score (nSPS) is 23.1. The second kappa shape index (κ2) is 5.24. The highest BCUT2D eigenvalue weighted by molar-refractivity contribution is 6.31. The van der Waals surface area contributed by atoms with E-state index in [1.54, 1.807) is 4.90 Å². The van der Waals surface area contributed by atoms with E-state index in [2.05, 4.69) is 10.6 Å². The Hall–Kier alpha value is -2.54. The second-order valence-corrected chi connectivity index (χ2v) is 6.64. The fourth-order valence-electron chi connectivity index (χ4n) is 3.38. The monoisotopic (exact) mass is 346 g/mol. The van der Waals surface area contributed by atoms with Gasteiger partial charge in [-0.3, -0.25) is 14.9 Å². The summed E-state index contributed by atoms with van der Waals surface area (Å²) in [4.78, 5) is 37.5. The van der Waals surface area contributed by atoms with Crippen LogP contribution in [0.1, 0.15) is 6.42 Å². The number of nitrogens with one attached hydrogen (secondary N) is 2. The summed E-state index contributed by atoms with van der Waals surface area (Å²) < 4.78 is 1.84. The van der Waals surface area contributed by atoms with Crippen molar-refractivity contribution in [3.8, 4) is 0 Å². The Bertz CT molecular complexity index is 877. The van der Waals surface area contributed by atoms with E-state index in [4.69, 9.17) is 11.6 Å². The molecule has 2 fully saturated rings. The highest BCUT2D eigenvalue weighted by Crippen LogP contribution is 2.26. The van der Waals surface area contributed by atoms with Crippen molar-refractivity contribution in [2.24, 2.45) is 0 Å². The third-order valence-corrected chi connectivity index (χ3v) is 4.91. The zero-order valence-corrected chi connectivity index (χ0v) is 13.5. The Labute approximate surface area is 142 Å². The Balaban J connectivity index is 1.52. The molecule has 8 heteroatoms. The molecule has 1 unspecified atom stereocenters. The summed E-state index contributed by atoms with van der Waals surface area (Å²) in [5.41, 5.74) is -0.0916. The van der Waals surface area contributed by atoms with Gasteiger partial charge in [0.15, 0.2) is 0 Å². The number of halogens is 1. The van der Waals surface area contributed by atoms with Gasteiger partial charge >= 0.3 is 6.03 Å². The first kappa shape index (κ1) is 15.0. The SMILES string of the molecule is O=C1NC(=O)C2(CCN(C(=O)Cn3ccc4ccc(Cl)cc43)C2)N1. The number of aromatic nitrogens is 1. The first-order valence-electron chi connectivity index (χ1n) is 7.63. The summed E-state index contributed by atoms with van der Waals surface area (Å²) in [6.07, 6.45) is 2.27. The van der Waals surface area contributed by atoms with Crippen molar-refractivity contribution in [2.45, 2.75) is 18.5 Å². The van der Waals surface area contributed by atoms with Gasteiger partial charge in [0.1, 0.15) is 12.1 Å². The average molecular weight is 347 g/mol. The minimum absolute atomic E-state index is 0.0988. The molecule has 0 saturated carbocycles. The Morgan fingerprint density at radius 3 is 2.88 bits per heavy atom. The molecule has 2 saturated heterocycles.